The predicted octanol–water partition coefficient (Wildman–Crippen LogP) is 3.31. The summed E-state index contributed by atoms with van der Waals surface area (Å²) in [5, 5.41) is 3.00. The molecule has 1 saturated heterocycles. The smallest absolute Gasteiger partial charge is 0.245 e. The van der Waals surface area contributed by atoms with Crippen molar-refractivity contribution in [2.24, 2.45) is 11.8 Å². The lowest BCUT2D eigenvalue weighted by atomic mass is 9.97. The van der Waals surface area contributed by atoms with Crippen LogP contribution in [0.2, 0.25) is 0 Å². The number of amides is 1. The van der Waals surface area contributed by atoms with Gasteiger partial charge in [-0.3, -0.25) is 4.79 Å². The molecule has 1 aliphatic carbocycles. The van der Waals surface area contributed by atoms with Crippen LogP contribution in [0.4, 0.5) is 4.39 Å². The maximum Gasteiger partial charge on any atom is 0.245 e. The number of carbonyl (C=O) groups is 1. The van der Waals surface area contributed by atoms with Crippen LogP contribution >= 0.6 is 0 Å². The lowest BCUT2D eigenvalue weighted by Gasteiger charge is -2.30. The Morgan fingerprint density at radius 1 is 1.11 bits per heavy atom. The van der Waals surface area contributed by atoms with Crippen LogP contribution in [0, 0.1) is 17.7 Å². The zero-order valence-electron chi connectivity index (χ0n) is 15.7. The minimum absolute atomic E-state index is 0.0179. The molecule has 0 unspecified atom stereocenters. The van der Waals surface area contributed by atoms with Crippen molar-refractivity contribution in [3.8, 4) is 0 Å². The van der Waals surface area contributed by atoms with E-state index in [1.807, 2.05) is 0 Å². The predicted molar refractivity (Wildman–Crippen MR) is 102 cm³/mol. The molecular formula is C20H29FN2O3S. The van der Waals surface area contributed by atoms with Crippen molar-refractivity contribution >= 4 is 15.9 Å². The summed E-state index contributed by atoms with van der Waals surface area (Å²) in [7, 11) is -3.85. The number of nitrogens with one attached hydrogen (secondary N) is 1. The molecule has 27 heavy (non-hydrogen) atoms. The normalized spacial score (nSPS) is 20.0. The van der Waals surface area contributed by atoms with Gasteiger partial charge in [-0.05, 0) is 43.7 Å². The van der Waals surface area contributed by atoms with Crippen LogP contribution in [0.1, 0.15) is 51.4 Å². The molecule has 7 heteroatoms. The van der Waals surface area contributed by atoms with E-state index in [0.717, 1.165) is 18.4 Å². The number of hydrogen-bond donors (Lipinski definition) is 1. The second-order valence-electron chi connectivity index (χ2n) is 7.69. The second kappa shape index (κ2) is 9.15. The Bertz CT molecular complexity index is 739. The first-order valence-corrected chi connectivity index (χ1v) is 11.4. The molecule has 1 N–H and O–H groups in total. The molecule has 1 heterocycles. The molecule has 2 aliphatic rings. The summed E-state index contributed by atoms with van der Waals surface area (Å²) in [4.78, 5) is 12.0. The van der Waals surface area contributed by atoms with E-state index in [9.17, 15) is 17.6 Å². The first-order valence-electron chi connectivity index (χ1n) is 10.0. The number of benzene rings is 1. The Hall–Kier alpha value is -1.47. The molecule has 1 aromatic rings. The third-order valence-electron chi connectivity index (χ3n) is 5.84. The van der Waals surface area contributed by atoms with Crippen molar-refractivity contribution in [2.45, 2.75) is 56.3 Å². The number of nitrogens with zero attached hydrogens (tertiary/aromatic N) is 1. The number of carbonyl (C=O) groups excluding carboxylic acids is 1. The van der Waals surface area contributed by atoms with Crippen LogP contribution in [0.25, 0.3) is 0 Å². The van der Waals surface area contributed by atoms with Gasteiger partial charge in [-0.15, -0.1) is 0 Å². The maximum atomic E-state index is 13.9. The van der Waals surface area contributed by atoms with E-state index in [1.54, 1.807) is 0 Å². The quantitative estimate of drug-likeness (QED) is 0.719. The first-order chi connectivity index (χ1) is 13.0. The van der Waals surface area contributed by atoms with Crippen molar-refractivity contribution in [3.05, 3.63) is 30.1 Å². The molecule has 3 rings (SSSR count). The lowest BCUT2D eigenvalue weighted by Crippen LogP contribution is -2.43. The Morgan fingerprint density at radius 3 is 2.44 bits per heavy atom. The molecule has 1 aliphatic heterocycles. The fourth-order valence-corrected chi connectivity index (χ4v) is 5.73. The highest BCUT2D eigenvalue weighted by molar-refractivity contribution is 7.89. The van der Waals surface area contributed by atoms with Crippen LogP contribution in [-0.2, 0) is 14.8 Å². The fourth-order valence-electron chi connectivity index (χ4n) is 4.20. The van der Waals surface area contributed by atoms with Crippen LogP contribution in [-0.4, -0.2) is 38.3 Å². The summed E-state index contributed by atoms with van der Waals surface area (Å²) in [6.07, 6.45) is 8.46. The third kappa shape index (κ3) is 5.08. The van der Waals surface area contributed by atoms with Gasteiger partial charge in [-0.25, -0.2) is 12.8 Å². The minimum Gasteiger partial charge on any atom is -0.356 e. The van der Waals surface area contributed by atoms with E-state index in [1.165, 1.54) is 54.6 Å². The van der Waals surface area contributed by atoms with Gasteiger partial charge in [0.25, 0.3) is 0 Å². The summed E-state index contributed by atoms with van der Waals surface area (Å²) in [6.45, 7) is 1.19. The van der Waals surface area contributed by atoms with E-state index in [0.29, 0.717) is 19.4 Å². The molecular weight excluding hydrogens is 367 g/mol. The van der Waals surface area contributed by atoms with Gasteiger partial charge in [0.05, 0.1) is 0 Å². The summed E-state index contributed by atoms with van der Waals surface area (Å²) >= 11 is 0. The molecule has 0 radical (unpaired) electrons. The number of rotatable bonds is 7. The zero-order valence-corrected chi connectivity index (χ0v) is 16.5. The molecule has 0 bridgehead atoms. The Morgan fingerprint density at radius 2 is 1.78 bits per heavy atom. The molecule has 0 spiro atoms. The number of hydrogen-bond acceptors (Lipinski definition) is 3. The van der Waals surface area contributed by atoms with Crippen LogP contribution in [0.15, 0.2) is 29.2 Å². The topological polar surface area (TPSA) is 66.5 Å². The first kappa shape index (κ1) is 20.3. The average Bonchev–Trinajstić information content (AvgIpc) is 3.19. The molecule has 1 saturated carbocycles. The van der Waals surface area contributed by atoms with Gasteiger partial charge >= 0.3 is 0 Å². The maximum absolute atomic E-state index is 13.9. The summed E-state index contributed by atoms with van der Waals surface area (Å²) in [5.41, 5.74) is 0. The third-order valence-corrected chi connectivity index (χ3v) is 7.77. The van der Waals surface area contributed by atoms with Crippen molar-refractivity contribution < 1.29 is 17.6 Å². The van der Waals surface area contributed by atoms with Gasteiger partial charge in [0.15, 0.2) is 0 Å². The highest BCUT2D eigenvalue weighted by Gasteiger charge is 2.33. The van der Waals surface area contributed by atoms with E-state index in [2.05, 4.69) is 5.32 Å². The van der Waals surface area contributed by atoms with Gasteiger partial charge in [-0.2, -0.15) is 4.31 Å². The van der Waals surface area contributed by atoms with Gasteiger partial charge in [0.2, 0.25) is 15.9 Å². The van der Waals surface area contributed by atoms with Gasteiger partial charge in [-0.1, -0.05) is 37.8 Å². The van der Waals surface area contributed by atoms with E-state index >= 15 is 0 Å². The summed E-state index contributed by atoms with van der Waals surface area (Å²) in [6, 6.07) is 5.42. The van der Waals surface area contributed by atoms with E-state index < -0.39 is 15.8 Å². The molecule has 0 aromatic heterocycles. The number of sulfonamides is 1. The Balaban J connectivity index is 1.44. The van der Waals surface area contributed by atoms with E-state index in [4.69, 9.17) is 0 Å². The molecule has 0 atom stereocenters. The van der Waals surface area contributed by atoms with Crippen molar-refractivity contribution in [1.29, 1.82) is 0 Å². The summed E-state index contributed by atoms with van der Waals surface area (Å²) < 4.78 is 40.4. The van der Waals surface area contributed by atoms with Gasteiger partial charge < -0.3 is 5.32 Å². The van der Waals surface area contributed by atoms with Crippen LogP contribution < -0.4 is 5.32 Å². The molecule has 5 nitrogen and oxygen atoms in total. The highest BCUT2D eigenvalue weighted by Crippen LogP contribution is 2.28. The highest BCUT2D eigenvalue weighted by atomic mass is 32.2. The molecule has 1 aromatic carbocycles. The van der Waals surface area contributed by atoms with E-state index in [-0.39, 0.29) is 29.8 Å². The Kier molecular flexibility index (Phi) is 6.87. The minimum atomic E-state index is -3.85. The van der Waals surface area contributed by atoms with Crippen molar-refractivity contribution in [3.63, 3.8) is 0 Å². The second-order valence-corrected chi connectivity index (χ2v) is 9.60. The number of piperidine rings is 1. The molecule has 1 amide bonds. The van der Waals surface area contributed by atoms with Crippen molar-refractivity contribution in [1.82, 2.24) is 9.62 Å². The van der Waals surface area contributed by atoms with Gasteiger partial charge in [0.1, 0.15) is 10.7 Å². The largest absolute Gasteiger partial charge is 0.356 e. The molecule has 2 fully saturated rings. The van der Waals surface area contributed by atoms with Crippen LogP contribution in [0.5, 0.6) is 0 Å². The standard InChI is InChI=1S/C20H29FN2O3S/c21-18-9-3-4-10-19(18)27(25,26)23-14-11-17(12-15-23)20(24)22-13-5-8-16-6-1-2-7-16/h3-4,9-10,16-17H,1-2,5-8,11-15H2,(H,22,24). The van der Waals surface area contributed by atoms with Gasteiger partial charge in [0, 0.05) is 25.6 Å². The fraction of sp³-hybridized carbons (Fsp3) is 0.650. The lowest BCUT2D eigenvalue weighted by molar-refractivity contribution is -0.126. The summed E-state index contributed by atoms with van der Waals surface area (Å²) in [5.74, 6) is -0.0544. The van der Waals surface area contributed by atoms with Crippen LogP contribution in [0.3, 0.4) is 0 Å². The zero-order chi connectivity index (χ0) is 19.3. The number of halogens is 1. The Labute approximate surface area is 161 Å². The SMILES string of the molecule is O=C(NCCCC1CCCC1)C1CCN(S(=O)(=O)c2ccccc2F)CC1. The van der Waals surface area contributed by atoms with Crippen molar-refractivity contribution in [2.75, 3.05) is 19.6 Å². The average molecular weight is 397 g/mol. The molecule has 150 valence electrons. The monoisotopic (exact) mass is 396 g/mol.